The van der Waals surface area contributed by atoms with Crippen LogP contribution in [-0.2, 0) is 6.54 Å². The third-order valence-electron chi connectivity index (χ3n) is 6.13. The smallest absolute Gasteiger partial charge is 0.319 e. The molecule has 0 radical (unpaired) electrons. The molecule has 4 nitrogen and oxygen atoms in total. The Balaban J connectivity index is 1.36. The summed E-state index contributed by atoms with van der Waals surface area (Å²) >= 11 is 0. The molecule has 0 spiro atoms. The fourth-order valence-electron chi connectivity index (χ4n) is 4.69. The molecule has 2 bridgehead atoms. The van der Waals surface area contributed by atoms with Crippen LogP contribution < -0.4 is 10.6 Å². The largest absolute Gasteiger partial charge is 0.335 e. The van der Waals surface area contributed by atoms with Crippen molar-refractivity contribution in [1.82, 2.24) is 10.2 Å². The highest BCUT2D eigenvalue weighted by Crippen LogP contribution is 2.35. The van der Waals surface area contributed by atoms with E-state index >= 15 is 0 Å². The molecule has 2 heterocycles. The standard InChI is InChI=1S/C23H27F2N3O/c1-15-5-7-16(8-6-15)14-28-19-3-2-4-20(28)13-18(12-19)26-23(29)27-22-10-9-17(24)11-21(22)25/h5-11,18-20H,2-4,12-14H2,1H3,(H2,26,27,29). The van der Waals surface area contributed by atoms with Crippen molar-refractivity contribution in [2.45, 2.75) is 63.7 Å². The van der Waals surface area contributed by atoms with Crippen LogP contribution in [0, 0.1) is 18.6 Å². The lowest BCUT2D eigenvalue weighted by atomic mass is 9.81. The summed E-state index contributed by atoms with van der Waals surface area (Å²) in [5, 5.41) is 5.49. The average Bonchev–Trinajstić information content (AvgIpc) is 2.66. The number of benzene rings is 2. The first-order valence-electron chi connectivity index (χ1n) is 10.3. The summed E-state index contributed by atoms with van der Waals surface area (Å²) in [5.41, 5.74) is 2.57. The fourth-order valence-corrected chi connectivity index (χ4v) is 4.69. The van der Waals surface area contributed by atoms with Gasteiger partial charge in [-0.05, 0) is 50.3 Å². The monoisotopic (exact) mass is 399 g/mol. The molecule has 2 amide bonds. The lowest BCUT2D eigenvalue weighted by molar-refractivity contribution is 0.0200. The van der Waals surface area contributed by atoms with Gasteiger partial charge in [-0.3, -0.25) is 4.90 Å². The highest BCUT2D eigenvalue weighted by molar-refractivity contribution is 5.89. The van der Waals surface area contributed by atoms with Gasteiger partial charge in [-0.2, -0.15) is 0 Å². The number of amides is 2. The molecule has 0 aromatic heterocycles. The van der Waals surface area contributed by atoms with Gasteiger partial charge >= 0.3 is 6.03 Å². The van der Waals surface area contributed by atoms with Gasteiger partial charge in [0, 0.05) is 30.7 Å². The third-order valence-corrected chi connectivity index (χ3v) is 6.13. The minimum atomic E-state index is -0.773. The Morgan fingerprint density at radius 3 is 2.41 bits per heavy atom. The Morgan fingerprint density at radius 2 is 1.76 bits per heavy atom. The molecule has 2 aliphatic heterocycles. The molecule has 2 fully saturated rings. The number of nitrogens with zero attached hydrogens (tertiary/aromatic N) is 1. The van der Waals surface area contributed by atoms with Gasteiger partial charge in [0.1, 0.15) is 11.6 Å². The molecule has 4 rings (SSSR count). The highest BCUT2D eigenvalue weighted by Gasteiger charge is 2.38. The normalized spacial score (nSPS) is 24.2. The summed E-state index contributed by atoms with van der Waals surface area (Å²) in [6.45, 7) is 3.04. The molecule has 154 valence electrons. The predicted octanol–water partition coefficient (Wildman–Crippen LogP) is 4.98. The van der Waals surface area contributed by atoms with Crippen LogP contribution in [0.1, 0.15) is 43.2 Å². The van der Waals surface area contributed by atoms with Crippen LogP contribution in [0.25, 0.3) is 0 Å². The van der Waals surface area contributed by atoms with Gasteiger partial charge < -0.3 is 10.6 Å². The number of nitrogens with one attached hydrogen (secondary N) is 2. The minimum Gasteiger partial charge on any atom is -0.335 e. The number of hydrogen-bond acceptors (Lipinski definition) is 2. The van der Waals surface area contributed by atoms with E-state index in [2.05, 4.69) is 46.7 Å². The Hall–Kier alpha value is -2.47. The number of piperidine rings is 2. The summed E-state index contributed by atoms with van der Waals surface area (Å²) in [5.74, 6) is -1.44. The van der Waals surface area contributed by atoms with E-state index in [0.717, 1.165) is 44.4 Å². The van der Waals surface area contributed by atoms with Crippen molar-refractivity contribution in [3.8, 4) is 0 Å². The van der Waals surface area contributed by atoms with Crippen molar-refractivity contribution >= 4 is 11.7 Å². The summed E-state index contributed by atoms with van der Waals surface area (Å²) < 4.78 is 26.8. The van der Waals surface area contributed by atoms with E-state index in [9.17, 15) is 13.6 Å². The summed E-state index contributed by atoms with van der Waals surface area (Å²) in [6, 6.07) is 12.3. The molecule has 2 aromatic carbocycles. The third kappa shape index (κ3) is 4.75. The first kappa shape index (κ1) is 19.8. The zero-order valence-corrected chi connectivity index (χ0v) is 16.6. The van der Waals surface area contributed by atoms with Gasteiger partial charge in [-0.1, -0.05) is 36.2 Å². The van der Waals surface area contributed by atoms with E-state index < -0.39 is 17.7 Å². The van der Waals surface area contributed by atoms with Crippen molar-refractivity contribution in [3.63, 3.8) is 0 Å². The highest BCUT2D eigenvalue weighted by atomic mass is 19.1. The SMILES string of the molecule is Cc1ccc(CN2C3CCCC2CC(NC(=O)Nc2ccc(F)cc2F)C3)cc1. The molecule has 2 aromatic rings. The van der Waals surface area contributed by atoms with Gasteiger partial charge in [0.05, 0.1) is 5.69 Å². The average molecular weight is 399 g/mol. The molecule has 6 heteroatoms. The van der Waals surface area contributed by atoms with E-state index in [1.54, 1.807) is 0 Å². The van der Waals surface area contributed by atoms with Crippen LogP contribution >= 0.6 is 0 Å². The Labute approximate surface area is 170 Å². The van der Waals surface area contributed by atoms with Crippen LogP contribution in [-0.4, -0.2) is 29.1 Å². The number of carbonyl (C=O) groups excluding carboxylic acids is 1. The molecule has 2 N–H and O–H groups in total. The number of rotatable bonds is 4. The van der Waals surface area contributed by atoms with Crippen molar-refractivity contribution in [2.24, 2.45) is 0 Å². The van der Waals surface area contributed by atoms with Gasteiger partial charge in [0.25, 0.3) is 0 Å². The van der Waals surface area contributed by atoms with Crippen LogP contribution in [0.4, 0.5) is 19.3 Å². The Morgan fingerprint density at radius 1 is 1.07 bits per heavy atom. The second kappa shape index (κ2) is 8.49. The van der Waals surface area contributed by atoms with Gasteiger partial charge in [0.15, 0.2) is 0 Å². The van der Waals surface area contributed by atoms with E-state index in [-0.39, 0.29) is 11.7 Å². The summed E-state index contributed by atoms with van der Waals surface area (Å²) in [4.78, 5) is 14.9. The van der Waals surface area contributed by atoms with Gasteiger partial charge in [-0.15, -0.1) is 0 Å². The zero-order chi connectivity index (χ0) is 20.4. The maximum absolute atomic E-state index is 13.8. The minimum absolute atomic E-state index is 0.0131. The van der Waals surface area contributed by atoms with Crippen LogP contribution in [0.3, 0.4) is 0 Å². The second-order valence-corrected chi connectivity index (χ2v) is 8.29. The van der Waals surface area contributed by atoms with Crippen molar-refractivity contribution in [1.29, 1.82) is 0 Å². The topological polar surface area (TPSA) is 44.4 Å². The van der Waals surface area contributed by atoms with E-state index in [1.807, 2.05) is 0 Å². The Bertz CT molecular complexity index is 857. The number of hydrogen-bond donors (Lipinski definition) is 2. The van der Waals surface area contributed by atoms with Crippen molar-refractivity contribution < 1.29 is 13.6 Å². The fraction of sp³-hybridized carbons (Fsp3) is 0.435. The number of aryl methyl sites for hydroxylation is 1. The van der Waals surface area contributed by atoms with Crippen LogP contribution in [0.2, 0.25) is 0 Å². The first-order chi connectivity index (χ1) is 14.0. The molecule has 29 heavy (non-hydrogen) atoms. The maximum Gasteiger partial charge on any atom is 0.319 e. The van der Waals surface area contributed by atoms with Crippen LogP contribution in [0.15, 0.2) is 42.5 Å². The molecular formula is C23H27F2N3O. The Kier molecular flexibility index (Phi) is 5.81. The van der Waals surface area contributed by atoms with Crippen LogP contribution in [0.5, 0.6) is 0 Å². The molecule has 2 atom stereocenters. The number of urea groups is 1. The first-order valence-corrected chi connectivity index (χ1v) is 10.3. The second-order valence-electron chi connectivity index (χ2n) is 8.29. The molecular weight excluding hydrogens is 372 g/mol. The van der Waals surface area contributed by atoms with Gasteiger partial charge in [-0.25, -0.2) is 13.6 Å². The zero-order valence-electron chi connectivity index (χ0n) is 16.6. The number of carbonyl (C=O) groups is 1. The van der Waals surface area contributed by atoms with Crippen molar-refractivity contribution in [3.05, 3.63) is 65.2 Å². The summed E-state index contributed by atoms with van der Waals surface area (Å²) in [6.07, 6.45) is 5.27. The lowest BCUT2D eigenvalue weighted by Gasteiger charge is -2.49. The molecule has 2 unspecified atom stereocenters. The van der Waals surface area contributed by atoms with E-state index in [1.165, 1.54) is 23.6 Å². The number of anilines is 1. The molecule has 0 aliphatic carbocycles. The quantitative estimate of drug-likeness (QED) is 0.762. The van der Waals surface area contributed by atoms with Crippen molar-refractivity contribution in [2.75, 3.05) is 5.32 Å². The number of halogens is 2. The molecule has 2 aliphatic rings. The summed E-state index contributed by atoms with van der Waals surface area (Å²) in [7, 11) is 0. The number of fused-ring (bicyclic) bond motifs is 2. The predicted molar refractivity (Wildman–Crippen MR) is 110 cm³/mol. The van der Waals surface area contributed by atoms with E-state index in [0.29, 0.717) is 12.1 Å². The lowest BCUT2D eigenvalue weighted by Crippen LogP contribution is -2.56. The maximum atomic E-state index is 13.8. The van der Waals surface area contributed by atoms with Gasteiger partial charge in [0.2, 0.25) is 0 Å². The molecule has 0 saturated carbocycles. The molecule has 2 saturated heterocycles. The van der Waals surface area contributed by atoms with E-state index in [4.69, 9.17) is 0 Å².